The number of benzene rings is 3. The number of phenols is 1. The van der Waals surface area contributed by atoms with E-state index < -0.39 is 0 Å². The molecule has 1 nitrogen and oxygen atoms in total. The second-order valence-corrected chi connectivity index (χ2v) is 6.10. The van der Waals surface area contributed by atoms with E-state index in [4.69, 9.17) is 0 Å². The van der Waals surface area contributed by atoms with Crippen molar-refractivity contribution in [1.29, 1.82) is 0 Å². The fourth-order valence-corrected chi connectivity index (χ4v) is 3.42. The molecule has 3 aromatic carbocycles. The standard InChI is InChI=1S/C22H18O.2ClH.Zr/c1-15-13-20-17(16-7-3-2-4-8-16)11-12-18(21(20)14-15)19-9-5-6-10-22(19)23;;;/h2-12,14,23H,13H2,1H3;2*1H;/q;;;+2/p-2. The Bertz CT molecular complexity index is 921. The molecular formula is C22H18Cl2OZr. The van der Waals surface area contributed by atoms with Gasteiger partial charge in [-0.15, -0.1) is 0 Å². The van der Waals surface area contributed by atoms with E-state index in [0.29, 0.717) is 5.75 Å². The van der Waals surface area contributed by atoms with Crippen LogP contribution in [0, 0.1) is 0 Å². The summed E-state index contributed by atoms with van der Waals surface area (Å²) in [5.74, 6) is 0.333. The van der Waals surface area contributed by atoms with Crippen LogP contribution in [0.3, 0.4) is 0 Å². The second kappa shape index (κ2) is 9.56. The Morgan fingerprint density at radius 3 is 2.04 bits per heavy atom. The van der Waals surface area contributed by atoms with Gasteiger partial charge < -0.3 is 29.9 Å². The van der Waals surface area contributed by atoms with Crippen molar-refractivity contribution in [3.63, 3.8) is 0 Å². The van der Waals surface area contributed by atoms with E-state index in [-0.39, 0.29) is 51.0 Å². The van der Waals surface area contributed by atoms with Gasteiger partial charge in [0, 0.05) is 5.56 Å². The van der Waals surface area contributed by atoms with Crippen LogP contribution in [0.15, 0.2) is 72.3 Å². The average Bonchev–Trinajstić information content (AvgIpc) is 2.97. The third-order valence-electron chi connectivity index (χ3n) is 4.48. The number of hydrogen-bond acceptors (Lipinski definition) is 1. The van der Waals surface area contributed by atoms with Crippen LogP contribution in [0.2, 0.25) is 0 Å². The zero-order valence-corrected chi connectivity index (χ0v) is 18.3. The molecule has 0 amide bonds. The van der Waals surface area contributed by atoms with Crippen molar-refractivity contribution in [2.75, 3.05) is 0 Å². The average molecular weight is 461 g/mol. The molecule has 0 bridgehead atoms. The SMILES string of the molecule is CC1=Cc2c(-c3ccccc3O)ccc(-c3ccccc3)c2C1.[Cl-].[Cl-].[Zr+2]. The van der Waals surface area contributed by atoms with E-state index in [1.165, 1.54) is 27.8 Å². The van der Waals surface area contributed by atoms with Gasteiger partial charge in [-0.2, -0.15) is 0 Å². The molecule has 1 aliphatic carbocycles. The van der Waals surface area contributed by atoms with E-state index in [1.807, 2.05) is 24.3 Å². The van der Waals surface area contributed by atoms with Crippen LogP contribution >= 0.6 is 0 Å². The first-order valence-electron chi connectivity index (χ1n) is 7.91. The molecule has 0 heterocycles. The van der Waals surface area contributed by atoms with Gasteiger partial charge in [0.25, 0.3) is 0 Å². The van der Waals surface area contributed by atoms with Crippen LogP contribution in [0.25, 0.3) is 28.3 Å². The van der Waals surface area contributed by atoms with Crippen molar-refractivity contribution in [2.45, 2.75) is 13.3 Å². The Balaban J connectivity index is 0.00000113. The monoisotopic (exact) mass is 458 g/mol. The molecule has 4 rings (SSSR count). The fraction of sp³-hybridized carbons (Fsp3) is 0.0909. The van der Waals surface area contributed by atoms with Crippen LogP contribution in [-0.2, 0) is 32.6 Å². The normalized spacial score (nSPS) is 11.3. The Morgan fingerprint density at radius 2 is 1.35 bits per heavy atom. The summed E-state index contributed by atoms with van der Waals surface area (Å²) in [4.78, 5) is 0. The van der Waals surface area contributed by atoms with Gasteiger partial charge in [0.05, 0.1) is 0 Å². The zero-order chi connectivity index (χ0) is 15.8. The molecule has 0 fully saturated rings. The predicted molar refractivity (Wildman–Crippen MR) is 96.3 cm³/mol. The summed E-state index contributed by atoms with van der Waals surface area (Å²) >= 11 is 0. The molecule has 0 saturated carbocycles. The first kappa shape index (κ1) is 22.7. The van der Waals surface area contributed by atoms with Crippen LogP contribution in [-0.4, -0.2) is 5.11 Å². The Labute approximate surface area is 186 Å². The summed E-state index contributed by atoms with van der Waals surface area (Å²) in [6.45, 7) is 2.17. The molecule has 4 heteroatoms. The molecule has 0 aromatic heterocycles. The summed E-state index contributed by atoms with van der Waals surface area (Å²) in [6.07, 6.45) is 3.23. The number of allylic oxidation sites excluding steroid dienone is 1. The molecule has 0 unspecified atom stereocenters. The topological polar surface area (TPSA) is 20.2 Å². The largest absolute Gasteiger partial charge is 2.00 e. The van der Waals surface area contributed by atoms with Gasteiger partial charge in [-0.3, -0.25) is 0 Å². The third kappa shape index (κ3) is 4.14. The second-order valence-electron chi connectivity index (χ2n) is 6.10. The number of para-hydroxylation sites is 1. The summed E-state index contributed by atoms with van der Waals surface area (Å²) in [7, 11) is 0. The van der Waals surface area contributed by atoms with Crippen molar-refractivity contribution < 1.29 is 56.1 Å². The predicted octanol–water partition coefficient (Wildman–Crippen LogP) is -0.309. The van der Waals surface area contributed by atoms with Gasteiger partial charge in [0.1, 0.15) is 5.75 Å². The summed E-state index contributed by atoms with van der Waals surface area (Å²) in [5, 5.41) is 10.2. The zero-order valence-electron chi connectivity index (χ0n) is 14.3. The minimum absolute atomic E-state index is 0. The summed E-state index contributed by atoms with van der Waals surface area (Å²) in [5.41, 5.74) is 8.49. The molecule has 0 aliphatic heterocycles. The maximum Gasteiger partial charge on any atom is 2.00 e. The van der Waals surface area contributed by atoms with E-state index >= 15 is 0 Å². The maximum absolute atomic E-state index is 10.2. The van der Waals surface area contributed by atoms with E-state index in [9.17, 15) is 5.11 Å². The van der Waals surface area contributed by atoms with E-state index in [0.717, 1.165) is 17.5 Å². The number of rotatable bonds is 2. The van der Waals surface area contributed by atoms with Crippen molar-refractivity contribution >= 4 is 6.08 Å². The van der Waals surface area contributed by atoms with Crippen LogP contribution < -0.4 is 24.8 Å². The quantitative estimate of drug-likeness (QED) is 0.557. The number of aromatic hydroxyl groups is 1. The third-order valence-corrected chi connectivity index (χ3v) is 4.48. The molecule has 0 radical (unpaired) electrons. The molecule has 0 atom stereocenters. The molecule has 130 valence electrons. The number of fused-ring (bicyclic) bond motifs is 1. The molecular weight excluding hydrogens is 442 g/mol. The molecule has 26 heavy (non-hydrogen) atoms. The van der Waals surface area contributed by atoms with Gasteiger partial charge in [-0.05, 0) is 47.2 Å². The first-order chi connectivity index (χ1) is 11.2. The first-order valence-corrected chi connectivity index (χ1v) is 7.91. The van der Waals surface area contributed by atoms with Crippen molar-refractivity contribution in [3.05, 3.63) is 83.4 Å². The maximum atomic E-state index is 10.2. The minimum Gasteiger partial charge on any atom is -1.00 e. The van der Waals surface area contributed by atoms with E-state index in [1.54, 1.807) is 6.07 Å². The minimum atomic E-state index is 0. The van der Waals surface area contributed by atoms with Gasteiger partial charge in [0.2, 0.25) is 0 Å². The summed E-state index contributed by atoms with van der Waals surface area (Å²) in [6, 6.07) is 22.4. The fourth-order valence-electron chi connectivity index (χ4n) is 3.42. The van der Waals surface area contributed by atoms with Crippen molar-refractivity contribution in [2.24, 2.45) is 0 Å². The van der Waals surface area contributed by atoms with Crippen molar-refractivity contribution in [1.82, 2.24) is 0 Å². The van der Waals surface area contributed by atoms with Crippen molar-refractivity contribution in [3.8, 4) is 28.0 Å². The van der Waals surface area contributed by atoms with Gasteiger partial charge in [-0.1, -0.05) is 72.3 Å². The van der Waals surface area contributed by atoms with E-state index in [2.05, 4.69) is 49.4 Å². The van der Waals surface area contributed by atoms with Gasteiger partial charge >= 0.3 is 26.2 Å². The Kier molecular flexibility index (Phi) is 8.34. The smallest absolute Gasteiger partial charge is 1.00 e. The molecule has 3 aromatic rings. The van der Waals surface area contributed by atoms with Crippen LogP contribution in [0.1, 0.15) is 18.1 Å². The number of halogens is 2. The number of phenolic OH excluding ortho intramolecular Hbond substituents is 1. The van der Waals surface area contributed by atoms with Gasteiger partial charge in [0.15, 0.2) is 0 Å². The Morgan fingerprint density at radius 1 is 0.731 bits per heavy atom. The van der Waals surface area contributed by atoms with Gasteiger partial charge in [-0.25, -0.2) is 0 Å². The number of hydrogen-bond donors (Lipinski definition) is 1. The van der Waals surface area contributed by atoms with Crippen LogP contribution in [0.4, 0.5) is 0 Å². The Hall–Kier alpha value is -1.34. The molecule has 1 aliphatic rings. The molecule has 0 spiro atoms. The van der Waals surface area contributed by atoms with Crippen LogP contribution in [0.5, 0.6) is 5.75 Å². The molecule has 0 saturated heterocycles. The molecule has 1 N–H and O–H groups in total. The summed E-state index contributed by atoms with van der Waals surface area (Å²) < 4.78 is 0.